The summed E-state index contributed by atoms with van der Waals surface area (Å²) in [6, 6.07) is 6.21. The maximum atomic E-state index is 4.73. The molecule has 0 spiro atoms. The molecule has 0 atom stereocenters. The van der Waals surface area contributed by atoms with E-state index in [0.717, 1.165) is 43.2 Å². The Kier molecular flexibility index (Phi) is 3.15. The van der Waals surface area contributed by atoms with Crippen LogP contribution in [0.1, 0.15) is 28.5 Å². The summed E-state index contributed by atoms with van der Waals surface area (Å²) in [5.74, 6) is 0.851. The molecular weight excluding hydrogens is 274 g/mol. The minimum atomic E-state index is 0.851. The Morgan fingerprint density at radius 3 is 2.95 bits per heavy atom. The van der Waals surface area contributed by atoms with E-state index in [0.29, 0.717) is 0 Å². The minimum absolute atomic E-state index is 0.851. The van der Waals surface area contributed by atoms with Crippen LogP contribution in [0.25, 0.3) is 5.65 Å². The summed E-state index contributed by atoms with van der Waals surface area (Å²) >= 11 is 0. The zero-order valence-electron chi connectivity index (χ0n) is 13.0. The lowest BCUT2D eigenvalue weighted by atomic mass is 10.1. The fourth-order valence-corrected chi connectivity index (χ4v) is 3.10. The van der Waals surface area contributed by atoms with Crippen LogP contribution in [-0.4, -0.2) is 30.8 Å². The van der Waals surface area contributed by atoms with Gasteiger partial charge in [-0.1, -0.05) is 6.07 Å². The number of aromatic nitrogens is 4. The smallest absolute Gasteiger partial charge is 0.137 e. The van der Waals surface area contributed by atoms with Gasteiger partial charge in [0.15, 0.2) is 0 Å². The largest absolute Gasteiger partial charge is 0.304 e. The first-order valence-electron chi connectivity index (χ1n) is 7.66. The van der Waals surface area contributed by atoms with Crippen molar-refractivity contribution in [1.29, 1.82) is 0 Å². The molecule has 1 aliphatic heterocycles. The van der Waals surface area contributed by atoms with Crippen LogP contribution in [-0.2, 0) is 19.5 Å². The normalized spacial score (nSPS) is 15.2. The first-order valence-corrected chi connectivity index (χ1v) is 7.66. The third-order valence-corrected chi connectivity index (χ3v) is 4.28. The molecule has 0 aliphatic carbocycles. The van der Waals surface area contributed by atoms with Crippen molar-refractivity contribution in [3.05, 3.63) is 59.1 Å². The number of pyridine rings is 1. The van der Waals surface area contributed by atoms with Crippen molar-refractivity contribution in [3.8, 4) is 0 Å². The third-order valence-electron chi connectivity index (χ3n) is 4.28. The van der Waals surface area contributed by atoms with Gasteiger partial charge >= 0.3 is 0 Å². The van der Waals surface area contributed by atoms with Crippen LogP contribution in [0.5, 0.6) is 0 Å². The van der Waals surface area contributed by atoms with Crippen molar-refractivity contribution in [1.82, 2.24) is 24.3 Å². The van der Waals surface area contributed by atoms with Crippen LogP contribution in [0, 0.1) is 13.8 Å². The molecule has 5 nitrogen and oxygen atoms in total. The molecule has 0 saturated carbocycles. The summed E-state index contributed by atoms with van der Waals surface area (Å²) in [7, 11) is 0. The van der Waals surface area contributed by atoms with Crippen LogP contribution >= 0.6 is 0 Å². The van der Waals surface area contributed by atoms with Crippen molar-refractivity contribution < 1.29 is 0 Å². The number of hydrogen-bond donors (Lipinski definition) is 0. The van der Waals surface area contributed by atoms with E-state index in [1.54, 1.807) is 0 Å². The van der Waals surface area contributed by atoms with Crippen molar-refractivity contribution in [2.45, 2.75) is 33.4 Å². The molecule has 0 radical (unpaired) electrons. The Labute approximate surface area is 129 Å². The molecule has 0 bridgehead atoms. The number of aryl methyl sites for hydroxylation is 2. The lowest BCUT2D eigenvalue weighted by molar-refractivity contribution is 0.238. The Balaban J connectivity index is 1.57. The average Bonchev–Trinajstić information content (AvgIpc) is 2.91. The fraction of sp³-hybridized carbons (Fsp3) is 0.353. The Hall–Kier alpha value is -2.27. The molecule has 4 heterocycles. The van der Waals surface area contributed by atoms with Crippen molar-refractivity contribution in [2.24, 2.45) is 0 Å². The van der Waals surface area contributed by atoms with E-state index >= 15 is 0 Å². The molecule has 0 saturated heterocycles. The zero-order chi connectivity index (χ0) is 15.1. The summed E-state index contributed by atoms with van der Waals surface area (Å²) in [4.78, 5) is 16.0. The van der Waals surface area contributed by atoms with Gasteiger partial charge in [-0.2, -0.15) is 0 Å². The number of hydrogen-bond acceptors (Lipinski definition) is 4. The first kappa shape index (κ1) is 13.4. The summed E-state index contributed by atoms with van der Waals surface area (Å²) < 4.78 is 2.15. The van der Waals surface area contributed by atoms with Gasteiger partial charge in [0.05, 0.1) is 11.4 Å². The third kappa shape index (κ3) is 2.37. The van der Waals surface area contributed by atoms with Gasteiger partial charge in [0.2, 0.25) is 0 Å². The monoisotopic (exact) mass is 293 g/mol. The molecular formula is C17H19N5. The number of nitrogens with zero attached hydrogens (tertiary/aromatic N) is 5. The molecule has 22 heavy (non-hydrogen) atoms. The van der Waals surface area contributed by atoms with Crippen LogP contribution in [0.15, 0.2) is 30.6 Å². The Morgan fingerprint density at radius 2 is 2.09 bits per heavy atom. The highest BCUT2D eigenvalue weighted by Gasteiger charge is 2.19. The van der Waals surface area contributed by atoms with E-state index in [9.17, 15) is 0 Å². The molecule has 0 N–H and O–H groups in total. The fourth-order valence-electron chi connectivity index (χ4n) is 3.10. The molecule has 112 valence electrons. The van der Waals surface area contributed by atoms with Crippen LogP contribution in [0.4, 0.5) is 0 Å². The zero-order valence-corrected chi connectivity index (χ0v) is 13.0. The van der Waals surface area contributed by atoms with E-state index in [4.69, 9.17) is 4.98 Å². The number of imidazole rings is 1. The van der Waals surface area contributed by atoms with Gasteiger partial charge in [0, 0.05) is 37.7 Å². The van der Waals surface area contributed by atoms with Gasteiger partial charge in [-0.05, 0) is 38.0 Å². The molecule has 3 aromatic rings. The molecule has 0 unspecified atom stereocenters. The standard InChI is InChI=1S/C17H19N5/c1-12-4-3-5-17-20-15(10-22(12)17)9-21-7-6-14-8-18-13(2)19-16(14)11-21/h3-5,8,10H,6-7,9,11H2,1-2H3. The van der Waals surface area contributed by atoms with E-state index in [-0.39, 0.29) is 0 Å². The van der Waals surface area contributed by atoms with Gasteiger partial charge in [-0.3, -0.25) is 4.90 Å². The quantitative estimate of drug-likeness (QED) is 0.727. The molecule has 1 aliphatic rings. The highest BCUT2D eigenvalue weighted by Crippen LogP contribution is 2.18. The lowest BCUT2D eigenvalue weighted by Crippen LogP contribution is -2.31. The summed E-state index contributed by atoms with van der Waals surface area (Å²) in [6.07, 6.45) is 5.14. The lowest BCUT2D eigenvalue weighted by Gasteiger charge is -2.27. The second kappa shape index (κ2) is 5.18. The van der Waals surface area contributed by atoms with E-state index in [1.165, 1.54) is 17.0 Å². The highest BCUT2D eigenvalue weighted by atomic mass is 15.2. The predicted octanol–water partition coefficient (Wildman–Crippen LogP) is 2.30. The van der Waals surface area contributed by atoms with Crippen molar-refractivity contribution >= 4 is 5.65 Å². The minimum Gasteiger partial charge on any atom is -0.304 e. The van der Waals surface area contributed by atoms with Gasteiger partial charge in [0.25, 0.3) is 0 Å². The van der Waals surface area contributed by atoms with Gasteiger partial charge in [0.1, 0.15) is 11.5 Å². The van der Waals surface area contributed by atoms with E-state index < -0.39 is 0 Å². The summed E-state index contributed by atoms with van der Waals surface area (Å²) in [5.41, 5.74) is 5.80. The van der Waals surface area contributed by atoms with E-state index in [1.807, 2.05) is 13.1 Å². The average molecular weight is 293 g/mol. The second-order valence-corrected chi connectivity index (χ2v) is 5.98. The molecule has 0 amide bonds. The molecule has 0 aromatic carbocycles. The summed E-state index contributed by atoms with van der Waals surface area (Å²) in [6.45, 7) is 6.83. The van der Waals surface area contributed by atoms with E-state index in [2.05, 4.69) is 50.6 Å². The molecule has 3 aromatic heterocycles. The van der Waals surface area contributed by atoms with Crippen molar-refractivity contribution in [2.75, 3.05) is 6.54 Å². The molecule has 5 heteroatoms. The maximum Gasteiger partial charge on any atom is 0.137 e. The topological polar surface area (TPSA) is 46.3 Å². The Bertz CT molecular complexity index is 836. The van der Waals surface area contributed by atoms with Crippen LogP contribution in [0.3, 0.4) is 0 Å². The van der Waals surface area contributed by atoms with Gasteiger partial charge in [-0.25, -0.2) is 15.0 Å². The van der Waals surface area contributed by atoms with Crippen LogP contribution in [0.2, 0.25) is 0 Å². The number of rotatable bonds is 2. The Morgan fingerprint density at radius 1 is 1.18 bits per heavy atom. The second-order valence-electron chi connectivity index (χ2n) is 5.98. The first-order chi connectivity index (χ1) is 10.7. The van der Waals surface area contributed by atoms with Crippen molar-refractivity contribution in [3.63, 3.8) is 0 Å². The summed E-state index contributed by atoms with van der Waals surface area (Å²) in [5, 5.41) is 0. The molecule has 4 rings (SSSR count). The number of fused-ring (bicyclic) bond motifs is 2. The van der Waals surface area contributed by atoms with Gasteiger partial charge < -0.3 is 4.40 Å². The van der Waals surface area contributed by atoms with Crippen LogP contribution < -0.4 is 0 Å². The molecule has 0 fully saturated rings. The maximum absolute atomic E-state index is 4.73. The highest BCUT2D eigenvalue weighted by molar-refractivity contribution is 5.41. The SMILES string of the molecule is Cc1ncc2c(n1)CN(Cc1cn3c(C)cccc3n1)CC2. The predicted molar refractivity (Wildman–Crippen MR) is 84.5 cm³/mol. The van der Waals surface area contributed by atoms with Gasteiger partial charge in [-0.15, -0.1) is 0 Å².